The van der Waals surface area contributed by atoms with Crippen molar-refractivity contribution in [3.8, 4) is 0 Å². The summed E-state index contributed by atoms with van der Waals surface area (Å²) >= 11 is 0. The van der Waals surface area contributed by atoms with Gasteiger partial charge in [0, 0.05) is 37.2 Å². The van der Waals surface area contributed by atoms with Crippen molar-refractivity contribution in [2.75, 3.05) is 0 Å². The minimum absolute atomic E-state index is 0.217. The average molecular weight is 364 g/mol. The van der Waals surface area contributed by atoms with Gasteiger partial charge in [0.2, 0.25) is 0 Å². The van der Waals surface area contributed by atoms with Crippen LogP contribution in [0.1, 0.15) is 34.1 Å². The van der Waals surface area contributed by atoms with Crippen LogP contribution in [0.4, 0.5) is 0 Å². The fourth-order valence-corrected chi connectivity index (χ4v) is 4.70. The zero-order valence-electron chi connectivity index (χ0n) is 15.4. The van der Waals surface area contributed by atoms with Crippen LogP contribution in [0.3, 0.4) is 0 Å². The van der Waals surface area contributed by atoms with E-state index in [0.29, 0.717) is 5.57 Å². The Balaban J connectivity index is 2.08. The van der Waals surface area contributed by atoms with Crippen LogP contribution in [0.15, 0.2) is 23.8 Å². The highest BCUT2D eigenvalue weighted by Gasteiger charge is 2.62. The molecule has 1 saturated heterocycles. The van der Waals surface area contributed by atoms with Gasteiger partial charge in [-0.1, -0.05) is 12.2 Å². The van der Waals surface area contributed by atoms with E-state index >= 15 is 0 Å². The number of aliphatic hydroxyl groups is 1. The quantitative estimate of drug-likeness (QED) is 0.341. The molecular formula is C19H24O7. The lowest BCUT2D eigenvalue weighted by Gasteiger charge is -2.40. The van der Waals surface area contributed by atoms with Gasteiger partial charge in [0.25, 0.3) is 0 Å². The third-order valence-electron chi connectivity index (χ3n) is 5.80. The topological polar surface area (TPSA) is 99.1 Å². The fraction of sp³-hybridized carbons (Fsp3) is 0.632. The first-order valence-corrected chi connectivity index (χ1v) is 8.69. The lowest BCUT2D eigenvalue weighted by Crippen LogP contribution is -2.53. The number of fused-ring (bicyclic) bond motifs is 3. The van der Waals surface area contributed by atoms with Gasteiger partial charge in [-0.25, -0.2) is 4.79 Å². The van der Waals surface area contributed by atoms with Crippen LogP contribution in [0, 0.1) is 17.8 Å². The van der Waals surface area contributed by atoms with Crippen LogP contribution in [0.5, 0.6) is 0 Å². The maximum absolute atomic E-state index is 12.1. The second kappa shape index (κ2) is 6.23. The molecule has 7 heteroatoms. The molecule has 1 N–H and O–H groups in total. The Kier molecular flexibility index (Phi) is 4.46. The Morgan fingerprint density at radius 1 is 1.31 bits per heavy atom. The number of hydrogen-bond donors (Lipinski definition) is 1. The molecule has 7 atom stereocenters. The molecular weight excluding hydrogens is 340 g/mol. The highest BCUT2D eigenvalue weighted by molar-refractivity contribution is 5.91. The molecule has 3 aliphatic rings. The highest BCUT2D eigenvalue weighted by atomic mass is 16.6. The summed E-state index contributed by atoms with van der Waals surface area (Å²) in [5, 5.41) is 11.4. The van der Waals surface area contributed by atoms with Gasteiger partial charge in [0.15, 0.2) is 0 Å². The lowest BCUT2D eigenvalue weighted by atomic mass is 9.74. The van der Waals surface area contributed by atoms with E-state index in [4.69, 9.17) is 14.2 Å². The molecule has 0 aromatic heterocycles. The summed E-state index contributed by atoms with van der Waals surface area (Å²) in [4.78, 5) is 35.3. The first-order chi connectivity index (χ1) is 12.0. The Labute approximate surface area is 152 Å². The van der Waals surface area contributed by atoms with Gasteiger partial charge >= 0.3 is 17.9 Å². The average Bonchev–Trinajstić information content (AvgIpc) is 2.93. The van der Waals surface area contributed by atoms with E-state index in [1.807, 2.05) is 6.92 Å². The lowest BCUT2D eigenvalue weighted by molar-refractivity contribution is -0.181. The molecule has 3 rings (SSSR count). The third-order valence-corrected chi connectivity index (χ3v) is 5.80. The van der Waals surface area contributed by atoms with E-state index in [1.165, 1.54) is 13.8 Å². The standard InChI is InChI=1S/C19H24O7/c1-8-6-13(24-10(3)20)16-15(8)17-12(9(2)18(22)26-17)7-14(19(16,5)23)25-11(4)21/h6,12-17,23H,2,7H2,1,3-5H3/t12-,13+,14+,15-,16+,17-,19+/m0/s1. The molecule has 1 aliphatic heterocycles. The van der Waals surface area contributed by atoms with Gasteiger partial charge in [-0.2, -0.15) is 0 Å². The van der Waals surface area contributed by atoms with Crippen LogP contribution in [0.25, 0.3) is 0 Å². The van der Waals surface area contributed by atoms with Crippen LogP contribution < -0.4 is 0 Å². The molecule has 0 unspecified atom stereocenters. The largest absolute Gasteiger partial charge is 0.459 e. The van der Waals surface area contributed by atoms with Crippen molar-refractivity contribution in [3.05, 3.63) is 23.8 Å². The van der Waals surface area contributed by atoms with E-state index in [-0.39, 0.29) is 18.3 Å². The number of hydrogen-bond acceptors (Lipinski definition) is 7. The SMILES string of the molecule is C=C1C(=O)O[C@@H]2[C@H]3C(C)=C[C@@H](OC(C)=O)[C@H]3[C@](C)(O)[C@H](OC(C)=O)C[C@@H]12. The van der Waals surface area contributed by atoms with Gasteiger partial charge in [-0.3, -0.25) is 9.59 Å². The van der Waals surface area contributed by atoms with Crippen molar-refractivity contribution in [1.82, 2.24) is 0 Å². The highest BCUT2D eigenvalue weighted by Crippen LogP contribution is 2.53. The predicted octanol–water partition coefficient (Wildman–Crippen LogP) is 1.29. The number of carbonyl (C=O) groups excluding carboxylic acids is 3. The third kappa shape index (κ3) is 2.84. The Hall–Kier alpha value is -2.15. The number of rotatable bonds is 2. The number of ether oxygens (including phenoxy) is 3. The molecule has 7 nitrogen and oxygen atoms in total. The minimum atomic E-state index is -1.48. The molecule has 2 aliphatic carbocycles. The summed E-state index contributed by atoms with van der Waals surface area (Å²) in [5.41, 5.74) is -0.309. The second-order valence-electron chi connectivity index (χ2n) is 7.60. The molecule has 26 heavy (non-hydrogen) atoms. The minimum Gasteiger partial charge on any atom is -0.459 e. The molecule has 142 valence electrons. The Bertz CT molecular complexity index is 705. The van der Waals surface area contributed by atoms with E-state index in [9.17, 15) is 19.5 Å². The first-order valence-electron chi connectivity index (χ1n) is 8.69. The van der Waals surface area contributed by atoms with Gasteiger partial charge in [-0.05, 0) is 26.3 Å². The molecule has 0 bridgehead atoms. The van der Waals surface area contributed by atoms with Crippen LogP contribution in [-0.4, -0.2) is 46.9 Å². The van der Waals surface area contributed by atoms with Gasteiger partial charge in [-0.15, -0.1) is 0 Å². The second-order valence-corrected chi connectivity index (χ2v) is 7.60. The zero-order chi connectivity index (χ0) is 19.4. The molecule has 2 fully saturated rings. The summed E-state index contributed by atoms with van der Waals surface area (Å²) in [5.74, 6) is -2.84. The molecule has 0 spiro atoms. The van der Waals surface area contributed by atoms with E-state index in [0.717, 1.165) is 5.57 Å². The van der Waals surface area contributed by atoms with Crippen LogP contribution >= 0.6 is 0 Å². The Morgan fingerprint density at radius 2 is 1.92 bits per heavy atom. The van der Waals surface area contributed by atoms with Gasteiger partial charge in [0.05, 0.1) is 0 Å². The maximum Gasteiger partial charge on any atom is 0.334 e. The summed E-state index contributed by atoms with van der Waals surface area (Å²) in [6.07, 6.45) is -0.130. The van der Waals surface area contributed by atoms with Crippen LogP contribution in [-0.2, 0) is 28.6 Å². The fourth-order valence-electron chi connectivity index (χ4n) is 4.70. The zero-order valence-corrected chi connectivity index (χ0v) is 15.4. The normalized spacial score (nSPS) is 41.5. The van der Waals surface area contributed by atoms with Crippen molar-refractivity contribution >= 4 is 17.9 Å². The number of carbonyl (C=O) groups is 3. The summed E-state index contributed by atoms with van der Waals surface area (Å²) in [6.45, 7) is 9.82. The van der Waals surface area contributed by atoms with Crippen molar-refractivity contribution in [2.24, 2.45) is 17.8 Å². The van der Waals surface area contributed by atoms with Crippen molar-refractivity contribution < 1.29 is 33.7 Å². The summed E-state index contributed by atoms with van der Waals surface area (Å²) < 4.78 is 16.4. The van der Waals surface area contributed by atoms with E-state index < -0.39 is 47.7 Å². The molecule has 0 amide bonds. The molecule has 0 aromatic carbocycles. The monoisotopic (exact) mass is 364 g/mol. The maximum atomic E-state index is 12.1. The summed E-state index contributed by atoms with van der Waals surface area (Å²) in [7, 11) is 0. The predicted molar refractivity (Wildman–Crippen MR) is 89.6 cm³/mol. The molecule has 1 heterocycles. The molecule has 0 aromatic rings. The van der Waals surface area contributed by atoms with Crippen molar-refractivity contribution in [3.63, 3.8) is 0 Å². The molecule has 0 radical (unpaired) electrons. The van der Waals surface area contributed by atoms with Gasteiger partial charge in [0.1, 0.15) is 23.9 Å². The van der Waals surface area contributed by atoms with Crippen molar-refractivity contribution in [1.29, 1.82) is 0 Å². The molecule has 1 saturated carbocycles. The summed E-state index contributed by atoms with van der Waals surface area (Å²) in [6, 6.07) is 0. The smallest absolute Gasteiger partial charge is 0.334 e. The van der Waals surface area contributed by atoms with E-state index in [1.54, 1.807) is 13.0 Å². The van der Waals surface area contributed by atoms with E-state index in [2.05, 4.69) is 6.58 Å². The number of esters is 3. The Morgan fingerprint density at radius 3 is 2.50 bits per heavy atom. The van der Waals surface area contributed by atoms with Gasteiger partial charge < -0.3 is 19.3 Å². The van der Waals surface area contributed by atoms with Crippen molar-refractivity contribution in [2.45, 2.75) is 58.0 Å². The van der Waals surface area contributed by atoms with Crippen LogP contribution in [0.2, 0.25) is 0 Å². The first kappa shape index (κ1) is 18.6.